The first kappa shape index (κ1) is 26.0. The van der Waals surface area contributed by atoms with Gasteiger partial charge in [0.25, 0.3) is 0 Å². The second-order valence-corrected chi connectivity index (χ2v) is 10.2. The Labute approximate surface area is 228 Å². The number of nitrogens with zero attached hydrogens (tertiary/aromatic N) is 1. The Hall–Kier alpha value is -3.64. The van der Waals surface area contributed by atoms with Crippen LogP contribution in [0.2, 0.25) is 0 Å². The first-order valence-corrected chi connectivity index (χ1v) is 13.7. The maximum Gasteiger partial charge on any atom is 0.145 e. The van der Waals surface area contributed by atoms with Crippen LogP contribution < -0.4 is 0 Å². The molecule has 38 heavy (non-hydrogen) atoms. The van der Waals surface area contributed by atoms with Crippen molar-refractivity contribution in [2.75, 3.05) is 0 Å². The third kappa shape index (κ3) is 5.32. The molecule has 4 heteroatoms. The molecule has 1 atom stereocenters. The SMILES string of the molecule is CCCC1CCc2c(cc(F)c(C#Cc3ccc4cc(-c5ccc(N=C=S)c(CC)c5)ccc4c3)c2F)C1. The summed E-state index contributed by atoms with van der Waals surface area (Å²) >= 11 is 4.76. The summed E-state index contributed by atoms with van der Waals surface area (Å²) < 4.78 is 30.1. The van der Waals surface area contributed by atoms with Gasteiger partial charge in [0.15, 0.2) is 0 Å². The van der Waals surface area contributed by atoms with E-state index < -0.39 is 11.6 Å². The minimum atomic E-state index is -0.565. The maximum absolute atomic E-state index is 15.3. The number of aryl methyl sites for hydroxylation is 1. The average Bonchev–Trinajstić information content (AvgIpc) is 2.93. The molecule has 4 aromatic rings. The highest BCUT2D eigenvalue weighted by atomic mass is 32.1. The summed E-state index contributed by atoms with van der Waals surface area (Å²) in [7, 11) is 0. The number of hydrogen-bond donors (Lipinski definition) is 0. The van der Waals surface area contributed by atoms with Crippen LogP contribution in [-0.4, -0.2) is 5.16 Å². The molecule has 0 aliphatic heterocycles. The van der Waals surface area contributed by atoms with Gasteiger partial charge < -0.3 is 0 Å². The zero-order valence-corrected chi connectivity index (χ0v) is 22.5. The summed E-state index contributed by atoms with van der Waals surface area (Å²) in [6.07, 6.45) is 5.41. The second kappa shape index (κ2) is 11.4. The van der Waals surface area contributed by atoms with Crippen LogP contribution in [0.1, 0.15) is 60.9 Å². The lowest BCUT2D eigenvalue weighted by atomic mass is 9.81. The van der Waals surface area contributed by atoms with Crippen molar-refractivity contribution in [3.63, 3.8) is 0 Å². The Kier molecular flexibility index (Phi) is 7.79. The van der Waals surface area contributed by atoms with E-state index in [1.165, 1.54) is 6.07 Å². The monoisotopic (exact) mass is 521 g/mol. The highest BCUT2D eigenvalue weighted by Gasteiger charge is 2.24. The lowest BCUT2D eigenvalue weighted by Gasteiger charge is -2.25. The molecule has 1 nitrogen and oxygen atoms in total. The van der Waals surface area contributed by atoms with Crippen molar-refractivity contribution in [3.05, 3.63) is 100 Å². The van der Waals surface area contributed by atoms with Crippen molar-refractivity contribution in [1.29, 1.82) is 0 Å². The Morgan fingerprint density at radius 3 is 2.47 bits per heavy atom. The van der Waals surface area contributed by atoms with Gasteiger partial charge in [0.1, 0.15) is 11.6 Å². The van der Waals surface area contributed by atoms with E-state index in [1.54, 1.807) is 0 Å². The topological polar surface area (TPSA) is 12.4 Å². The standard InChI is InChI=1S/C34H29F2NS/c1-3-5-22-7-13-30-29(17-22)20-32(35)31(34(30)36)14-8-23-6-9-26-19-27(11-10-25(26)16-23)28-12-15-33(37-21-38)24(4-2)18-28/h6,9-12,15-16,18-20,22H,3-5,7,13,17H2,1-2H3. The predicted octanol–water partition coefficient (Wildman–Crippen LogP) is 9.39. The molecule has 190 valence electrons. The van der Waals surface area contributed by atoms with E-state index in [2.05, 4.69) is 60.1 Å². The van der Waals surface area contributed by atoms with Gasteiger partial charge >= 0.3 is 0 Å². The Morgan fingerprint density at radius 2 is 1.68 bits per heavy atom. The normalized spacial score (nSPS) is 14.4. The maximum atomic E-state index is 15.3. The van der Waals surface area contributed by atoms with Gasteiger partial charge in [0.05, 0.1) is 16.4 Å². The van der Waals surface area contributed by atoms with E-state index in [-0.39, 0.29) is 5.56 Å². The van der Waals surface area contributed by atoms with Gasteiger partial charge in [-0.25, -0.2) is 8.78 Å². The molecule has 5 rings (SSSR count). The number of thiocarbonyl (C=S) groups is 1. The fourth-order valence-electron chi connectivity index (χ4n) is 5.54. The number of halogens is 2. The molecular formula is C34H29F2NS. The summed E-state index contributed by atoms with van der Waals surface area (Å²) in [5.41, 5.74) is 6.22. The third-order valence-corrected chi connectivity index (χ3v) is 7.64. The molecule has 0 saturated carbocycles. The van der Waals surface area contributed by atoms with Gasteiger partial charge in [-0.05, 0) is 119 Å². The number of rotatable bonds is 5. The Bertz CT molecular complexity index is 1640. The van der Waals surface area contributed by atoms with Crippen LogP contribution in [0.15, 0.2) is 65.7 Å². The first-order chi connectivity index (χ1) is 18.5. The van der Waals surface area contributed by atoms with Gasteiger partial charge in [-0.2, -0.15) is 4.99 Å². The van der Waals surface area contributed by atoms with Gasteiger partial charge in [0.2, 0.25) is 0 Å². The Morgan fingerprint density at radius 1 is 0.921 bits per heavy atom. The van der Waals surface area contributed by atoms with E-state index in [0.717, 1.165) is 76.4 Å². The second-order valence-electron chi connectivity index (χ2n) is 10.0. The van der Waals surface area contributed by atoms with Crippen LogP contribution in [0.25, 0.3) is 21.9 Å². The number of benzene rings is 4. The molecule has 0 heterocycles. The summed E-state index contributed by atoms with van der Waals surface area (Å²) in [4.78, 5) is 4.16. The van der Waals surface area contributed by atoms with Crippen molar-refractivity contribution in [3.8, 4) is 23.0 Å². The van der Waals surface area contributed by atoms with Crippen molar-refractivity contribution < 1.29 is 8.78 Å². The zero-order valence-electron chi connectivity index (χ0n) is 21.7. The highest BCUT2D eigenvalue weighted by molar-refractivity contribution is 7.78. The van der Waals surface area contributed by atoms with Crippen LogP contribution in [0.3, 0.4) is 0 Å². The van der Waals surface area contributed by atoms with Gasteiger partial charge in [-0.3, -0.25) is 0 Å². The van der Waals surface area contributed by atoms with Crippen LogP contribution >= 0.6 is 12.2 Å². The lowest BCUT2D eigenvalue weighted by molar-refractivity contribution is 0.411. The number of aliphatic imine (C=N–C) groups is 1. The van der Waals surface area contributed by atoms with Crippen molar-refractivity contribution in [1.82, 2.24) is 0 Å². The first-order valence-electron chi connectivity index (χ1n) is 13.3. The minimum absolute atomic E-state index is 0.124. The molecule has 0 bridgehead atoms. The number of fused-ring (bicyclic) bond motifs is 2. The quantitative estimate of drug-likeness (QED) is 0.145. The van der Waals surface area contributed by atoms with Crippen LogP contribution in [0.4, 0.5) is 14.5 Å². The van der Waals surface area contributed by atoms with Crippen molar-refractivity contribution in [2.45, 2.75) is 52.4 Å². The molecule has 1 aliphatic carbocycles. The molecular weight excluding hydrogens is 492 g/mol. The van der Waals surface area contributed by atoms with E-state index in [9.17, 15) is 4.39 Å². The lowest BCUT2D eigenvalue weighted by Crippen LogP contribution is -2.17. The van der Waals surface area contributed by atoms with Crippen LogP contribution in [0.5, 0.6) is 0 Å². The summed E-state index contributed by atoms with van der Waals surface area (Å²) in [6.45, 7) is 4.25. The summed E-state index contributed by atoms with van der Waals surface area (Å²) in [6, 6.07) is 19.8. The van der Waals surface area contributed by atoms with E-state index in [0.29, 0.717) is 17.9 Å². The molecule has 0 aromatic heterocycles. The fraction of sp³-hybridized carbons (Fsp3) is 0.265. The molecule has 0 N–H and O–H groups in total. The van der Waals surface area contributed by atoms with E-state index >= 15 is 4.39 Å². The Balaban J connectivity index is 1.42. The molecule has 4 aromatic carbocycles. The number of isothiocyanates is 1. The number of hydrogen-bond acceptors (Lipinski definition) is 2. The van der Waals surface area contributed by atoms with Crippen LogP contribution in [-0.2, 0) is 19.3 Å². The molecule has 0 saturated heterocycles. The minimum Gasteiger partial charge on any atom is -0.206 e. The highest BCUT2D eigenvalue weighted by Crippen LogP contribution is 2.33. The smallest absolute Gasteiger partial charge is 0.145 e. The molecule has 1 aliphatic rings. The van der Waals surface area contributed by atoms with E-state index in [4.69, 9.17) is 12.2 Å². The van der Waals surface area contributed by atoms with Gasteiger partial charge in [-0.1, -0.05) is 62.8 Å². The van der Waals surface area contributed by atoms with Gasteiger partial charge in [-0.15, -0.1) is 0 Å². The van der Waals surface area contributed by atoms with Crippen LogP contribution in [0, 0.1) is 29.4 Å². The third-order valence-electron chi connectivity index (χ3n) is 7.55. The predicted molar refractivity (Wildman–Crippen MR) is 156 cm³/mol. The largest absolute Gasteiger partial charge is 0.206 e. The van der Waals surface area contributed by atoms with E-state index in [1.807, 2.05) is 30.3 Å². The summed E-state index contributed by atoms with van der Waals surface area (Å²) in [5, 5.41) is 4.54. The fourth-order valence-corrected chi connectivity index (χ4v) is 5.63. The molecule has 0 spiro atoms. The molecule has 1 unspecified atom stereocenters. The zero-order chi connectivity index (χ0) is 26.6. The molecule has 0 radical (unpaired) electrons. The summed E-state index contributed by atoms with van der Waals surface area (Å²) in [5.74, 6) is 5.25. The van der Waals surface area contributed by atoms with Gasteiger partial charge in [0, 0.05) is 5.56 Å². The molecule has 0 amide bonds. The average molecular weight is 522 g/mol. The molecule has 0 fully saturated rings. The van der Waals surface area contributed by atoms with Crippen molar-refractivity contribution >= 4 is 33.8 Å². The van der Waals surface area contributed by atoms with Crippen molar-refractivity contribution in [2.24, 2.45) is 10.9 Å².